The fourth-order valence-electron chi connectivity index (χ4n) is 1.67. The van der Waals surface area contributed by atoms with E-state index in [0.29, 0.717) is 5.56 Å². The van der Waals surface area contributed by atoms with E-state index in [1.165, 1.54) is 12.1 Å². The van der Waals surface area contributed by atoms with Gasteiger partial charge in [0.15, 0.2) is 0 Å². The molecule has 2 rings (SSSR count). The monoisotopic (exact) mass is 328 g/mol. The van der Waals surface area contributed by atoms with Crippen LogP contribution in [-0.4, -0.2) is 10.6 Å². The first kappa shape index (κ1) is 13.8. The summed E-state index contributed by atoms with van der Waals surface area (Å²) in [6.07, 6.45) is 0. The standard InChI is InChI=1S/C14H8BrF3O/c15-14(17,18)13(19)10-6-7-11(12(16)8-10)9-4-2-1-3-5-9/h1-8H. The van der Waals surface area contributed by atoms with Gasteiger partial charge in [0.25, 0.3) is 0 Å². The maximum absolute atomic E-state index is 13.9. The lowest BCUT2D eigenvalue weighted by atomic mass is 10.0. The lowest BCUT2D eigenvalue weighted by Crippen LogP contribution is -2.20. The van der Waals surface area contributed by atoms with Gasteiger partial charge in [0.05, 0.1) is 0 Å². The number of rotatable bonds is 3. The van der Waals surface area contributed by atoms with Crippen LogP contribution in [0, 0.1) is 5.82 Å². The van der Waals surface area contributed by atoms with Crippen molar-refractivity contribution in [2.75, 3.05) is 0 Å². The molecule has 0 aliphatic heterocycles. The van der Waals surface area contributed by atoms with E-state index >= 15 is 0 Å². The number of carbonyl (C=O) groups is 1. The van der Waals surface area contributed by atoms with Crippen molar-refractivity contribution < 1.29 is 18.0 Å². The smallest absolute Gasteiger partial charge is 0.286 e. The van der Waals surface area contributed by atoms with E-state index < -0.39 is 16.4 Å². The molecule has 0 atom stereocenters. The van der Waals surface area contributed by atoms with E-state index in [2.05, 4.69) is 0 Å². The molecule has 2 aromatic carbocycles. The molecule has 5 heteroatoms. The van der Waals surface area contributed by atoms with Crippen molar-refractivity contribution in [2.45, 2.75) is 4.83 Å². The summed E-state index contributed by atoms with van der Waals surface area (Å²) in [6.45, 7) is 0. The lowest BCUT2D eigenvalue weighted by Gasteiger charge is -2.09. The number of alkyl halides is 3. The molecular formula is C14H8BrF3O. The third-order valence-electron chi connectivity index (χ3n) is 2.57. The molecule has 0 aliphatic carbocycles. The van der Waals surface area contributed by atoms with Crippen molar-refractivity contribution in [3.63, 3.8) is 0 Å². The van der Waals surface area contributed by atoms with Crippen LogP contribution in [0.15, 0.2) is 48.5 Å². The third-order valence-corrected chi connectivity index (χ3v) is 2.93. The zero-order valence-electron chi connectivity index (χ0n) is 9.54. The first-order chi connectivity index (χ1) is 8.89. The summed E-state index contributed by atoms with van der Waals surface area (Å²) in [7, 11) is 0. The number of carbonyl (C=O) groups excluding carboxylic acids is 1. The van der Waals surface area contributed by atoms with Gasteiger partial charge < -0.3 is 0 Å². The average molecular weight is 329 g/mol. The molecule has 0 aromatic heterocycles. The minimum Gasteiger partial charge on any atom is -0.286 e. The van der Waals surface area contributed by atoms with E-state index in [4.69, 9.17) is 0 Å². The maximum Gasteiger partial charge on any atom is 0.363 e. The van der Waals surface area contributed by atoms with Crippen LogP contribution in [0.4, 0.5) is 13.2 Å². The van der Waals surface area contributed by atoms with E-state index in [1.807, 2.05) is 15.9 Å². The predicted octanol–water partition coefficient (Wildman–Crippen LogP) is 4.66. The zero-order valence-corrected chi connectivity index (χ0v) is 11.1. The molecule has 98 valence electrons. The minimum absolute atomic E-state index is 0.259. The molecule has 19 heavy (non-hydrogen) atoms. The summed E-state index contributed by atoms with van der Waals surface area (Å²) in [4.78, 5) is 7.62. The minimum atomic E-state index is -3.69. The van der Waals surface area contributed by atoms with Crippen LogP contribution >= 0.6 is 15.9 Å². The van der Waals surface area contributed by atoms with Gasteiger partial charge in [-0.25, -0.2) is 4.39 Å². The van der Waals surface area contributed by atoms with Gasteiger partial charge in [0.2, 0.25) is 5.78 Å². The Morgan fingerprint density at radius 1 is 1.05 bits per heavy atom. The van der Waals surface area contributed by atoms with Crippen LogP contribution < -0.4 is 0 Å². The van der Waals surface area contributed by atoms with Gasteiger partial charge in [0.1, 0.15) is 5.82 Å². The van der Waals surface area contributed by atoms with Crippen LogP contribution in [0.25, 0.3) is 11.1 Å². The molecule has 0 amide bonds. The van der Waals surface area contributed by atoms with E-state index in [0.717, 1.165) is 6.07 Å². The largest absolute Gasteiger partial charge is 0.363 e. The lowest BCUT2D eigenvalue weighted by molar-refractivity contribution is 0.0592. The topological polar surface area (TPSA) is 17.1 Å². The van der Waals surface area contributed by atoms with Crippen LogP contribution in [-0.2, 0) is 0 Å². The maximum atomic E-state index is 13.9. The van der Waals surface area contributed by atoms with Gasteiger partial charge in [-0.05, 0) is 27.6 Å². The number of halogens is 4. The second-order valence-electron chi connectivity index (χ2n) is 3.89. The third kappa shape index (κ3) is 3.04. The van der Waals surface area contributed by atoms with E-state index in [1.54, 1.807) is 30.3 Å². The molecule has 0 saturated carbocycles. The van der Waals surface area contributed by atoms with Crippen LogP contribution in [0.5, 0.6) is 0 Å². The highest BCUT2D eigenvalue weighted by atomic mass is 79.9. The zero-order chi connectivity index (χ0) is 14.0. The molecule has 0 heterocycles. The molecule has 0 unspecified atom stereocenters. The number of hydrogen-bond donors (Lipinski definition) is 0. The van der Waals surface area contributed by atoms with Gasteiger partial charge in [-0.1, -0.05) is 42.5 Å². The average Bonchev–Trinajstić information content (AvgIpc) is 2.37. The first-order valence-electron chi connectivity index (χ1n) is 5.36. The fourth-order valence-corrected chi connectivity index (χ4v) is 1.90. The van der Waals surface area contributed by atoms with Crippen LogP contribution in [0.2, 0.25) is 0 Å². The molecule has 0 N–H and O–H groups in total. The Bertz CT molecular complexity index is 606. The van der Waals surface area contributed by atoms with Crippen molar-refractivity contribution in [1.82, 2.24) is 0 Å². The summed E-state index contributed by atoms with van der Waals surface area (Å²) in [5, 5.41) is 0. The van der Waals surface area contributed by atoms with E-state index in [-0.39, 0.29) is 11.1 Å². The van der Waals surface area contributed by atoms with Crippen LogP contribution in [0.3, 0.4) is 0 Å². The second kappa shape index (κ2) is 5.17. The molecule has 1 nitrogen and oxygen atoms in total. The van der Waals surface area contributed by atoms with Crippen molar-refractivity contribution in [2.24, 2.45) is 0 Å². The summed E-state index contributed by atoms with van der Waals surface area (Å²) >= 11 is 1.96. The van der Waals surface area contributed by atoms with Crippen molar-refractivity contribution >= 4 is 21.7 Å². The fraction of sp³-hybridized carbons (Fsp3) is 0.0714. The predicted molar refractivity (Wildman–Crippen MR) is 70.0 cm³/mol. The highest BCUT2D eigenvalue weighted by Gasteiger charge is 2.36. The molecule has 0 saturated heterocycles. The number of ketones is 1. The Kier molecular flexibility index (Phi) is 3.75. The summed E-state index contributed by atoms with van der Waals surface area (Å²) in [6, 6.07) is 12.0. The first-order valence-corrected chi connectivity index (χ1v) is 6.15. The normalized spacial score (nSPS) is 11.4. The van der Waals surface area contributed by atoms with Gasteiger partial charge >= 0.3 is 4.83 Å². The SMILES string of the molecule is O=C(c1ccc(-c2ccccc2)c(F)c1)C(F)(F)Br. The number of hydrogen-bond acceptors (Lipinski definition) is 1. The Morgan fingerprint density at radius 3 is 2.21 bits per heavy atom. The molecule has 0 aliphatic rings. The molecule has 0 fully saturated rings. The Balaban J connectivity index is 2.41. The molecule has 0 spiro atoms. The summed E-state index contributed by atoms with van der Waals surface area (Å²) < 4.78 is 39.5. The number of benzene rings is 2. The molecule has 0 radical (unpaired) electrons. The molecular weight excluding hydrogens is 321 g/mol. The Hall–Kier alpha value is -1.62. The molecule has 2 aromatic rings. The summed E-state index contributed by atoms with van der Waals surface area (Å²) in [5.41, 5.74) is 0.499. The second-order valence-corrected chi connectivity index (χ2v) is 4.88. The van der Waals surface area contributed by atoms with E-state index in [9.17, 15) is 18.0 Å². The Labute approximate surface area is 116 Å². The van der Waals surface area contributed by atoms with Gasteiger partial charge in [-0.2, -0.15) is 8.78 Å². The Morgan fingerprint density at radius 2 is 1.68 bits per heavy atom. The van der Waals surface area contributed by atoms with Gasteiger partial charge in [-0.15, -0.1) is 0 Å². The van der Waals surface area contributed by atoms with Crippen molar-refractivity contribution in [3.8, 4) is 11.1 Å². The highest BCUT2D eigenvalue weighted by Crippen LogP contribution is 2.29. The summed E-state index contributed by atoms with van der Waals surface area (Å²) in [5.74, 6) is -2.18. The van der Waals surface area contributed by atoms with Crippen LogP contribution in [0.1, 0.15) is 10.4 Å². The highest BCUT2D eigenvalue weighted by molar-refractivity contribution is 9.10. The van der Waals surface area contributed by atoms with Crippen molar-refractivity contribution in [3.05, 3.63) is 59.9 Å². The van der Waals surface area contributed by atoms with Gasteiger partial charge in [0, 0.05) is 11.1 Å². The molecule has 0 bridgehead atoms. The quantitative estimate of drug-likeness (QED) is 0.591. The van der Waals surface area contributed by atoms with Crippen molar-refractivity contribution in [1.29, 1.82) is 0 Å². The van der Waals surface area contributed by atoms with Gasteiger partial charge in [-0.3, -0.25) is 4.79 Å². The number of Topliss-reactive ketones (excluding diaryl/α,β-unsaturated/α-hetero) is 1.